The number of nitrogens with zero attached hydrogens (tertiary/aromatic N) is 5. The van der Waals surface area contributed by atoms with Crippen LogP contribution in [0.3, 0.4) is 0 Å². The number of benzene rings is 1. The Labute approximate surface area is 248 Å². The summed E-state index contributed by atoms with van der Waals surface area (Å²) in [5, 5.41) is 7.23. The quantitative estimate of drug-likeness (QED) is 0.239. The largest absolute Gasteiger partial charge is 0.573 e. The molecule has 1 unspecified atom stereocenters. The third-order valence-electron chi connectivity index (χ3n) is 6.61. The van der Waals surface area contributed by atoms with Crippen LogP contribution >= 0.6 is 0 Å². The smallest absolute Gasteiger partial charge is 0.406 e. The number of hydrogen-bond donors (Lipinski definition) is 1. The molecule has 0 saturated heterocycles. The first-order chi connectivity index (χ1) is 20.2. The van der Waals surface area contributed by atoms with E-state index in [0.29, 0.717) is 29.1 Å². The first-order valence-electron chi connectivity index (χ1n) is 13.5. The Morgan fingerprint density at radius 3 is 2.49 bits per heavy atom. The number of methoxy groups -OCH3 is 1. The molecule has 0 fully saturated rings. The van der Waals surface area contributed by atoms with Crippen LogP contribution in [-0.2, 0) is 21.3 Å². The average Bonchev–Trinajstić information content (AvgIpc) is 3.36. The molecule has 3 aromatic rings. The predicted molar refractivity (Wildman–Crippen MR) is 157 cm³/mol. The van der Waals surface area contributed by atoms with Gasteiger partial charge >= 0.3 is 12.4 Å². The Morgan fingerprint density at radius 2 is 1.88 bits per heavy atom. The summed E-state index contributed by atoms with van der Waals surface area (Å²) in [5.41, 5.74) is 2.16. The number of anilines is 2. The summed E-state index contributed by atoms with van der Waals surface area (Å²) in [6.45, 7) is 6.92. The summed E-state index contributed by atoms with van der Waals surface area (Å²) in [4.78, 5) is 34.2. The molecule has 0 aliphatic carbocycles. The van der Waals surface area contributed by atoms with E-state index in [2.05, 4.69) is 39.8 Å². The van der Waals surface area contributed by atoms with Crippen molar-refractivity contribution in [2.45, 2.75) is 38.1 Å². The van der Waals surface area contributed by atoms with Crippen molar-refractivity contribution in [2.24, 2.45) is 7.05 Å². The van der Waals surface area contributed by atoms with Crippen molar-refractivity contribution < 1.29 is 37.0 Å². The highest BCUT2D eigenvalue weighted by Gasteiger charge is 2.36. The van der Waals surface area contributed by atoms with Crippen LogP contribution in [0.2, 0.25) is 25.7 Å². The van der Waals surface area contributed by atoms with Crippen LogP contribution in [0, 0.1) is 0 Å². The molecule has 1 atom stereocenters. The third-order valence-corrected chi connectivity index (χ3v) is 8.31. The molecule has 0 radical (unpaired) electrons. The molecule has 0 saturated carbocycles. The fourth-order valence-electron chi connectivity index (χ4n) is 4.35. The van der Waals surface area contributed by atoms with Gasteiger partial charge in [-0.1, -0.05) is 31.8 Å². The minimum Gasteiger partial charge on any atom is -0.406 e. The highest BCUT2D eigenvalue weighted by Crippen LogP contribution is 2.35. The number of nitrogens with one attached hydrogen (secondary N) is 1. The second-order valence-corrected chi connectivity index (χ2v) is 16.9. The number of carbonyl (C=O) groups is 2. The van der Waals surface area contributed by atoms with E-state index in [9.17, 15) is 22.8 Å². The summed E-state index contributed by atoms with van der Waals surface area (Å²) in [7, 11) is 1.87. The molecule has 1 aliphatic heterocycles. The van der Waals surface area contributed by atoms with Gasteiger partial charge in [-0.3, -0.25) is 19.3 Å². The van der Waals surface area contributed by atoms with Crippen LogP contribution in [-0.4, -0.2) is 74.7 Å². The molecule has 1 aliphatic rings. The number of carbonyl (C=O) groups excluding carboxylic acids is 2. The molecule has 0 spiro atoms. The molecular weight excluding hydrogens is 585 g/mol. The third kappa shape index (κ3) is 8.55. The Hall–Kier alpha value is -3.95. The standard InChI is InChI=1S/C28H35F3N6O5Si/c1-35-11-10-22(34-35)20-14-24-26(32-15-20)36(16-25(38)37(24)18-41-12-13-43(3,4)5)27(39)33-23(17-40-2)19-6-8-21(9-7-19)42-28(29,30)31/h6-11,14-15,23H,12-13,16-18H2,1-5H3,(H,33,39). The molecule has 0 bridgehead atoms. The van der Waals surface area contributed by atoms with Gasteiger partial charge in [-0.25, -0.2) is 9.78 Å². The predicted octanol–water partition coefficient (Wildman–Crippen LogP) is 4.94. The highest BCUT2D eigenvalue weighted by atomic mass is 28.3. The van der Waals surface area contributed by atoms with Gasteiger partial charge < -0.3 is 19.5 Å². The van der Waals surface area contributed by atoms with Gasteiger partial charge in [-0.2, -0.15) is 5.10 Å². The van der Waals surface area contributed by atoms with Crippen molar-refractivity contribution in [3.8, 4) is 17.0 Å². The molecule has 11 nitrogen and oxygen atoms in total. The second-order valence-electron chi connectivity index (χ2n) is 11.3. The zero-order valence-electron chi connectivity index (χ0n) is 24.6. The van der Waals surface area contributed by atoms with Gasteiger partial charge in [0.25, 0.3) is 0 Å². The molecular formula is C28H35F3N6O5Si. The summed E-state index contributed by atoms with van der Waals surface area (Å²) in [6.07, 6.45) is -1.46. The lowest BCUT2D eigenvalue weighted by Crippen LogP contribution is -2.53. The van der Waals surface area contributed by atoms with Gasteiger partial charge in [0.05, 0.1) is 24.0 Å². The summed E-state index contributed by atoms with van der Waals surface area (Å²) >= 11 is 0. The molecule has 3 amide bonds. The second kappa shape index (κ2) is 13.1. The number of amides is 3. The van der Waals surface area contributed by atoms with E-state index in [1.807, 2.05) is 6.07 Å². The lowest BCUT2D eigenvalue weighted by Gasteiger charge is -2.36. The zero-order chi connectivity index (χ0) is 31.4. The minimum absolute atomic E-state index is 0.00221. The van der Waals surface area contributed by atoms with Crippen molar-refractivity contribution >= 4 is 31.5 Å². The first kappa shape index (κ1) is 32.0. The first-order valence-corrected chi connectivity index (χ1v) is 17.3. The van der Waals surface area contributed by atoms with E-state index in [0.717, 1.165) is 18.2 Å². The monoisotopic (exact) mass is 620 g/mol. The molecule has 4 rings (SSSR count). The van der Waals surface area contributed by atoms with Gasteiger partial charge in [0.1, 0.15) is 19.0 Å². The lowest BCUT2D eigenvalue weighted by molar-refractivity contribution is -0.274. The molecule has 3 heterocycles. The SMILES string of the molecule is COCC(NC(=O)N1CC(=O)N(COCC[Si](C)(C)C)c2cc(-c3ccn(C)n3)cnc21)c1ccc(OC(F)(F)F)cc1. The van der Waals surface area contributed by atoms with Crippen molar-refractivity contribution in [1.82, 2.24) is 20.1 Å². The zero-order valence-corrected chi connectivity index (χ0v) is 25.6. The van der Waals surface area contributed by atoms with Crippen LogP contribution in [0.4, 0.5) is 29.5 Å². The number of hydrogen-bond acceptors (Lipinski definition) is 7. The van der Waals surface area contributed by atoms with E-state index >= 15 is 0 Å². The average molecular weight is 621 g/mol. The normalized spacial score (nSPS) is 14.5. The van der Waals surface area contributed by atoms with Crippen LogP contribution in [0.5, 0.6) is 5.75 Å². The Bertz CT molecular complexity index is 1430. The number of pyridine rings is 1. The van der Waals surface area contributed by atoms with Gasteiger partial charge in [-0.05, 0) is 35.9 Å². The Morgan fingerprint density at radius 1 is 1.16 bits per heavy atom. The Kier molecular flexibility index (Phi) is 9.77. The van der Waals surface area contributed by atoms with Gasteiger partial charge in [0, 0.05) is 46.8 Å². The molecule has 15 heteroatoms. The van der Waals surface area contributed by atoms with E-state index in [4.69, 9.17) is 9.47 Å². The number of aryl methyl sites for hydroxylation is 1. The fraction of sp³-hybridized carbons (Fsp3) is 0.429. The van der Waals surface area contributed by atoms with Gasteiger partial charge in [0.15, 0.2) is 5.82 Å². The molecule has 2 aromatic heterocycles. The molecule has 43 heavy (non-hydrogen) atoms. The molecule has 1 aromatic carbocycles. The number of halogens is 3. The van der Waals surface area contributed by atoms with E-state index in [1.54, 1.807) is 30.2 Å². The lowest BCUT2D eigenvalue weighted by atomic mass is 10.1. The van der Waals surface area contributed by atoms with Crippen LogP contribution in [0.25, 0.3) is 11.3 Å². The van der Waals surface area contributed by atoms with E-state index in [1.165, 1.54) is 29.0 Å². The van der Waals surface area contributed by atoms with Crippen molar-refractivity contribution in [3.63, 3.8) is 0 Å². The van der Waals surface area contributed by atoms with Crippen LogP contribution < -0.4 is 19.9 Å². The number of rotatable bonds is 11. The number of aromatic nitrogens is 3. The maximum Gasteiger partial charge on any atom is 0.573 e. The molecule has 232 valence electrons. The number of fused-ring (bicyclic) bond motifs is 1. The van der Waals surface area contributed by atoms with Gasteiger partial charge in [0.2, 0.25) is 5.91 Å². The summed E-state index contributed by atoms with van der Waals surface area (Å²) in [6, 6.07) is 8.21. The topological polar surface area (TPSA) is 111 Å². The van der Waals surface area contributed by atoms with E-state index in [-0.39, 0.29) is 31.6 Å². The van der Waals surface area contributed by atoms with Crippen molar-refractivity contribution in [3.05, 3.63) is 54.4 Å². The Balaban J connectivity index is 1.59. The van der Waals surface area contributed by atoms with Crippen LogP contribution in [0.15, 0.2) is 48.8 Å². The number of alkyl halides is 3. The number of urea groups is 1. The van der Waals surface area contributed by atoms with Crippen LogP contribution in [0.1, 0.15) is 11.6 Å². The number of ether oxygens (including phenoxy) is 3. The highest BCUT2D eigenvalue weighted by molar-refractivity contribution is 6.76. The maximum atomic E-state index is 13.6. The minimum atomic E-state index is -4.83. The van der Waals surface area contributed by atoms with Crippen molar-refractivity contribution in [2.75, 3.05) is 43.4 Å². The van der Waals surface area contributed by atoms with Crippen molar-refractivity contribution in [1.29, 1.82) is 0 Å². The summed E-state index contributed by atoms with van der Waals surface area (Å²) in [5.74, 6) is -0.516. The molecule has 1 N–H and O–H groups in total. The van der Waals surface area contributed by atoms with Gasteiger partial charge in [-0.15, -0.1) is 13.2 Å². The summed E-state index contributed by atoms with van der Waals surface area (Å²) < 4.78 is 54.5. The fourth-order valence-corrected chi connectivity index (χ4v) is 5.11. The maximum absolute atomic E-state index is 13.6. The van der Waals surface area contributed by atoms with E-state index < -0.39 is 32.3 Å².